The lowest BCUT2D eigenvalue weighted by Gasteiger charge is -2.32. The van der Waals surface area contributed by atoms with Crippen molar-refractivity contribution in [3.05, 3.63) is 128 Å². The summed E-state index contributed by atoms with van der Waals surface area (Å²) in [6.45, 7) is 0. The van der Waals surface area contributed by atoms with E-state index < -0.39 is 15.5 Å². The topological polar surface area (TPSA) is 120 Å². The number of anilines is 1. The minimum atomic E-state index is -0.665. The summed E-state index contributed by atoms with van der Waals surface area (Å²) in [6, 6.07) is 23.5. The first kappa shape index (κ1) is 25.8. The molecule has 1 aliphatic carbocycles. The van der Waals surface area contributed by atoms with E-state index in [9.17, 15) is 20.2 Å². The van der Waals surface area contributed by atoms with Crippen LogP contribution < -0.4 is 5.43 Å². The Morgan fingerprint density at radius 3 is 2.23 bits per heavy atom. The standard InChI is InChI=1S/C30H28N4O5/c35-33(36)24-16-17-27(28(18-24)34(37)38)32-31-20-26-25(21-10-4-1-5-11-21)19-29(22-12-6-2-7-13-22)39-30(26)23-14-8-3-9-15-23/h1-2,4-7,10-13,16-20,23,25,32H,3,8-9,14-15H2/b31-20+/t25-/m0/s1. The van der Waals surface area contributed by atoms with Crippen LogP contribution in [0.4, 0.5) is 17.1 Å². The quantitative estimate of drug-likeness (QED) is 0.184. The second-order valence-electron chi connectivity index (χ2n) is 9.63. The van der Waals surface area contributed by atoms with Crippen molar-refractivity contribution in [1.82, 2.24) is 0 Å². The number of hydrazone groups is 1. The van der Waals surface area contributed by atoms with Gasteiger partial charge in [-0.15, -0.1) is 0 Å². The summed E-state index contributed by atoms with van der Waals surface area (Å²) in [6.07, 6.45) is 9.22. The van der Waals surface area contributed by atoms with E-state index in [1.807, 2.05) is 48.5 Å². The van der Waals surface area contributed by atoms with Gasteiger partial charge in [-0.1, -0.05) is 79.9 Å². The van der Waals surface area contributed by atoms with Crippen molar-refractivity contribution in [2.75, 3.05) is 5.43 Å². The molecular weight excluding hydrogens is 496 g/mol. The molecule has 1 N–H and O–H groups in total. The molecule has 0 aromatic heterocycles. The van der Waals surface area contributed by atoms with E-state index in [1.165, 1.54) is 18.6 Å². The first-order valence-corrected chi connectivity index (χ1v) is 13.0. The number of nitrogens with one attached hydrogen (secondary N) is 1. The van der Waals surface area contributed by atoms with Gasteiger partial charge in [0.2, 0.25) is 0 Å². The van der Waals surface area contributed by atoms with Crippen LogP contribution >= 0.6 is 0 Å². The van der Waals surface area contributed by atoms with Crippen molar-refractivity contribution in [2.24, 2.45) is 11.0 Å². The first-order valence-electron chi connectivity index (χ1n) is 13.0. The number of allylic oxidation sites excluding steroid dienone is 3. The van der Waals surface area contributed by atoms with E-state index in [-0.39, 0.29) is 23.2 Å². The van der Waals surface area contributed by atoms with E-state index in [2.05, 4.69) is 28.7 Å². The van der Waals surface area contributed by atoms with Gasteiger partial charge in [0.1, 0.15) is 17.2 Å². The zero-order valence-electron chi connectivity index (χ0n) is 21.2. The van der Waals surface area contributed by atoms with Crippen molar-refractivity contribution in [3.8, 4) is 0 Å². The van der Waals surface area contributed by atoms with Gasteiger partial charge in [0, 0.05) is 29.0 Å². The number of hydrogen-bond acceptors (Lipinski definition) is 7. The van der Waals surface area contributed by atoms with Gasteiger partial charge in [-0.2, -0.15) is 5.10 Å². The van der Waals surface area contributed by atoms with Crippen LogP contribution in [0.5, 0.6) is 0 Å². The van der Waals surface area contributed by atoms with Crippen LogP contribution in [0.25, 0.3) is 5.76 Å². The number of nitro benzene ring substituents is 2. The molecule has 5 rings (SSSR count). The Hall–Kier alpha value is -4.79. The van der Waals surface area contributed by atoms with Crippen LogP contribution in [0, 0.1) is 26.1 Å². The summed E-state index contributed by atoms with van der Waals surface area (Å²) in [7, 11) is 0. The predicted octanol–water partition coefficient (Wildman–Crippen LogP) is 7.59. The number of nitrogens with zero attached hydrogens (tertiary/aromatic N) is 3. The maximum Gasteiger partial charge on any atom is 0.301 e. The minimum absolute atomic E-state index is 0.0650. The second kappa shape index (κ2) is 11.7. The highest BCUT2D eigenvalue weighted by Crippen LogP contribution is 2.43. The van der Waals surface area contributed by atoms with Gasteiger partial charge < -0.3 is 4.74 Å². The summed E-state index contributed by atoms with van der Waals surface area (Å²) in [4.78, 5) is 21.4. The third-order valence-corrected chi connectivity index (χ3v) is 7.13. The summed E-state index contributed by atoms with van der Waals surface area (Å²) in [5, 5.41) is 27.1. The molecule has 0 bridgehead atoms. The third-order valence-electron chi connectivity index (χ3n) is 7.13. The van der Waals surface area contributed by atoms with Gasteiger partial charge >= 0.3 is 5.69 Å². The fourth-order valence-electron chi connectivity index (χ4n) is 5.18. The Kier molecular flexibility index (Phi) is 7.77. The van der Waals surface area contributed by atoms with Gasteiger partial charge in [-0.05, 0) is 30.5 Å². The van der Waals surface area contributed by atoms with E-state index in [1.54, 1.807) is 6.21 Å². The Morgan fingerprint density at radius 2 is 1.56 bits per heavy atom. The molecular formula is C30H28N4O5. The lowest BCUT2D eigenvalue weighted by molar-refractivity contribution is -0.393. The highest BCUT2D eigenvalue weighted by Gasteiger charge is 2.31. The lowest BCUT2D eigenvalue weighted by Crippen LogP contribution is -2.20. The number of hydrogen-bond donors (Lipinski definition) is 1. The smallest absolute Gasteiger partial charge is 0.301 e. The molecule has 0 saturated heterocycles. The molecule has 1 fully saturated rings. The molecule has 0 radical (unpaired) electrons. The average Bonchev–Trinajstić information content (AvgIpc) is 2.98. The molecule has 3 aromatic rings. The SMILES string of the molecule is O=[N+]([O-])c1ccc(N/N=C/C2=C(C3CCCCC3)OC(c3ccccc3)=C[C@H]2c2ccccc2)c([N+](=O)[O-])c1. The molecule has 1 heterocycles. The summed E-state index contributed by atoms with van der Waals surface area (Å²) >= 11 is 0. The molecule has 39 heavy (non-hydrogen) atoms. The summed E-state index contributed by atoms with van der Waals surface area (Å²) in [5.41, 5.74) is 4.97. The molecule has 1 aliphatic heterocycles. The zero-order chi connectivity index (χ0) is 27.2. The Balaban J connectivity index is 1.55. The number of rotatable bonds is 8. The minimum Gasteiger partial charge on any atom is -0.461 e. The van der Waals surface area contributed by atoms with Gasteiger partial charge in [0.25, 0.3) is 5.69 Å². The summed E-state index contributed by atoms with van der Waals surface area (Å²) in [5.74, 6) is 1.74. The Labute approximate surface area is 225 Å². The molecule has 1 atom stereocenters. The van der Waals surface area contributed by atoms with Gasteiger partial charge in [-0.25, -0.2) is 0 Å². The monoisotopic (exact) mass is 524 g/mol. The highest BCUT2D eigenvalue weighted by atomic mass is 16.6. The molecule has 0 unspecified atom stereocenters. The van der Waals surface area contributed by atoms with E-state index in [4.69, 9.17) is 4.74 Å². The van der Waals surface area contributed by atoms with Gasteiger partial charge in [-0.3, -0.25) is 25.7 Å². The van der Waals surface area contributed by atoms with Crippen molar-refractivity contribution < 1.29 is 14.6 Å². The van der Waals surface area contributed by atoms with Crippen LogP contribution in [0.2, 0.25) is 0 Å². The number of non-ortho nitro benzene ring substituents is 1. The number of benzene rings is 3. The van der Waals surface area contributed by atoms with E-state index >= 15 is 0 Å². The molecule has 1 saturated carbocycles. The van der Waals surface area contributed by atoms with E-state index in [0.29, 0.717) is 0 Å². The number of nitro groups is 2. The van der Waals surface area contributed by atoms with Crippen LogP contribution in [-0.4, -0.2) is 16.1 Å². The lowest BCUT2D eigenvalue weighted by atomic mass is 9.80. The first-order chi connectivity index (χ1) is 19.0. The largest absolute Gasteiger partial charge is 0.461 e. The van der Waals surface area contributed by atoms with Gasteiger partial charge in [0.05, 0.1) is 22.1 Å². The van der Waals surface area contributed by atoms with Crippen LogP contribution in [0.15, 0.2) is 101 Å². The molecule has 0 amide bonds. The van der Waals surface area contributed by atoms with Crippen LogP contribution in [0.1, 0.15) is 49.1 Å². The molecule has 9 heteroatoms. The highest BCUT2D eigenvalue weighted by molar-refractivity contribution is 5.86. The second-order valence-corrected chi connectivity index (χ2v) is 9.63. The normalized spacial score (nSPS) is 17.9. The third kappa shape index (κ3) is 5.87. The van der Waals surface area contributed by atoms with Gasteiger partial charge in [0.15, 0.2) is 0 Å². The predicted molar refractivity (Wildman–Crippen MR) is 150 cm³/mol. The van der Waals surface area contributed by atoms with Crippen molar-refractivity contribution in [1.29, 1.82) is 0 Å². The molecule has 2 aliphatic rings. The Bertz CT molecular complexity index is 1440. The molecule has 9 nitrogen and oxygen atoms in total. The summed E-state index contributed by atoms with van der Waals surface area (Å²) < 4.78 is 6.62. The van der Waals surface area contributed by atoms with E-state index in [0.717, 1.165) is 60.0 Å². The molecule has 198 valence electrons. The van der Waals surface area contributed by atoms with Crippen molar-refractivity contribution in [2.45, 2.75) is 38.0 Å². The Morgan fingerprint density at radius 1 is 0.872 bits per heavy atom. The van der Waals surface area contributed by atoms with Crippen molar-refractivity contribution >= 4 is 29.0 Å². The fourth-order valence-corrected chi connectivity index (χ4v) is 5.18. The maximum atomic E-state index is 11.6. The molecule has 0 spiro atoms. The average molecular weight is 525 g/mol. The van der Waals surface area contributed by atoms with Crippen molar-refractivity contribution in [3.63, 3.8) is 0 Å². The maximum absolute atomic E-state index is 11.6. The number of ether oxygens (including phenoxy) is 1. The zero-order valence-corrected chi connectivity index (χ0v) is 21.2. The van der Waals surface area contributed by atoms with Crippen LogP contribution in [-0.2, 0) is 4.74 Å². The fraction of sp³-hybridized carbons (Fsp3) is 0.233. The molecule has 3 aromatic carbocycles. The van der Waals surface area contributed by atoms with Crippen LogP contribution in [0.3, 0.4) is 0 Å².